The van der Waals surface area contributed by atoms with Gasteiger partial charge < -0.3 is 14.2 Å². The fourth-order valence-electron chi connectivity index (χ4n) is 5.31. The highest BCUT2D eigenvalue weighted by Gasteiger charge is 2.35. The molecule has 0 aliphatic carbocycles. The Balaban J connectivity index is 1.18. The predicted octanol–water partition coefficient (Wildman–Crippen LogP) is 3.45. The van der Waals surface area contributed by atoms with Gasteiger partial charge >= 0.3 is 17.9 Å². The molecule has 0 saturated heterocycles. The predicted molar refractivity (Wildman–Crippen MR) is 220 cm³/mol. The van der Waals surface area contributed by atoms with E-state index < -0.39 is 32.7 Å². The summed E-state index contributed by atoms with van der Waals surface area (Å²) in [6, 6.07) is 18.0. The Morgan fingerprint density at radius 3 is 1.67 bits per heavy atom. The molecule has 5 aromatic rings. The SMILES string of the molecule is C=IC1=NN(c2nc(OC)nc(N3N=C(C)/C(=N\Nc4c(C(=O)OC)cnn4-c4ccccc4)C3=N)n2)C(=N)/C1=N/Nc1c(C(=O)OC)cnn1-c1ccccc1. The van der Waals surface area contributed by atoms with Crippen molar-refractivity contribution in [3.8, 4) is 17.4 Å². The van der Waals surface area contributed by atoms with Gasteiger partial charge in [-0.1, -0.05) is 61.6 Å². The summed E-state index contributed by atoms with van der Waals surface area (Å²) in [7, 11) is 3.85. The first-order valence-electron chi connectivity index (χ1n) is 16.4. The summed E-state index contributed by atoms with van der Waals surface area (Å²) >= 11 is -1.02. The van der Waals surface area contributed by atoms with Crippen molar-refractivity contribution in [1.29, 1.82) is 10.8 Å². The second-order valence-electron chi connectivity index (χ2n) is 11.4. The fraction of sp³-hybridized carbons (Fsp3) is 0.118. The summed E-state index contributed by atoms with van der Waals surface area (Å²) in [6.07, 6.45) is 2.69. The highest BCUT2D eigenvalue weighted by Crippen LogP contribution is 2.27. The Bertz CT molecular complexity index is 2560. The molecule has 0 saturated carbocycles. The monoisotopic (exact) mass is 883 g/mol. The van der Waals surface area contributed by atoms with Crippen LogP contribution in [0.15, 0.2) is 93.5 Å². The Hall–Kier alpha value is -7.57. The van der Waals surface area contributed by atoms with E-state index in [-0.39, 0.29) is 63.8 Å². The van der Waals surface area contributed by atoms with Crippen molar-refractivity contribution in [2.45, 2.75) is 6.92 Å². The van der Waals surface area contributed by atoms with E-state index in [1.165, 1.54) is 43.1 Å². The van der Waals surface area contributed by atoms with E-state index in [9.17, 15) is 9.59 Å². The second-order valence-corrected chi connectivity index (χ2v) is 13.2. The molecule has 0 atom stereocenters. The average Bonchev–Trinajstić information content (AvgIpc) is 4.02. The van der Waals surface area contributed by atoms with E-state index in [4.69, 9.17) is 25.0 Å². The van der Waals surface area contributed by atoms with Crippen LogP contribution < -0.4 is 25.6 Å². The molecule has 2 aliphatic heterocycles. The van der Waals surface area contributed by atoms with Crippen molar-refractivity contribution in [3.63, 3.8) is 0 Å². The molecule has 2 aromatic carbocycles. The summed E-state index contributed by atoms with van der Waals surface area (Å²) in [6.45, 7) is 1.62. The quantitative estimate of drug-likeness (QED) is 0.0795. The Morgan fingerprint density at radius 1 is 0.719 bits per heavy atom. The normalized spacial score (nSPS) is 15.2. The molecule has 0 radical (unpaired) electrons. The van der Waals surface area contributed by atoms with E-state index >= 15 is 0 Å². The number of hydrogen-bond donors (Lipinski definition) is 4. The number of nitrogens with one attached hydrogen (secondary N) is 4. The summed E-state index contributed by atoms with van der Waals surface area (Å²) in [5.74, 6) is -1.68. The van der Waals surface area contributed by atoms with Crippen LogP contribution in [0, 0.1) is 10.8 Å². The molecule has 2 aliphatic rings. The number of rotatable bonds is 12. The van der Waals surface area contributed by atoms with E-state index in [1.807, 2.05) is 36.4 Å². The number of methoxy groups -OCH3 is 3. The van der Waals surface area contributed by atoms with E-state index in [2.05, 4.69) is 60.9 Å². The molecule has 0 amide bonds. The van der Waals surface area contributed by atoms with E-state index in [0.717, 1.165) is 10.0 Å². The van der Waals surface area contributed by atoms with Crippen molar-refractivity contribution >= 4 is 93.2 Å². The number of hydrazone groups is 4. The average molecular weight is 884 g/mol. The molecule has 0 unspecified atom stereocenters. The van der Waals surface area contributed by atoms with Crippen LogP contribution in [-0.2, 0) is 9.47 Å². The maximum absolute atomic E-state index is 12.6. The number of nitrogens with zero attached hydrogens (tertiary/aromatic N) is 13. The van der Waals surface area contributed by atoms with Gasteiger partial charge in [0.15, 0.2) is 34.7 Å². The molecule has 4 N–H and O–H groups in total. The third-order valence-corrected chi connectivity index (χ3v) is 9.47. The minimum atomic E-state index is -1.02. The third kappa shape index (κ3) is 7.20. The largest absolute Gasteiger partial charge is 0.467 e. The minimum absolute atomic E-state index is 0.0881. The van der Waals surface area contributed by atoms with Gasteiger partial charge in [0.05, 0.1) is 50.8 Å². The van der Waals surface area contributed by atoms with Crippen molar-refractivity contribution < 1.29 is 23.8 Å². The van der Waals surface area contributed by atoms with Crippen LogP contribution in [-0.4, -0.2) is 105 Å². The maximum atomic E-state index is 12.6. The van der Waals surface area contributed by atoms with E-state index in [1.54, 1.807) is 31.2 Å². The molecule has 7 rings (SSSR count). The van der Waals surface area contributed by atoms with Crippen molar-refractivity contribution in [2.75, 3.05) is 42.2 Å². The molecule has 0 spiro atoms. The summed E-state index contributed by atoms with van der Waals surface area (Å²) < 4.78 is 22.6. The van der Waals surface area contributed by atoms with Crippen LogP contribution in [0.1, 0.15) is 27.6 Å². The molecule has 0 fully saturated rings. The molecule has 0 bridgehead atoms. The molecule has 57 heavy (non-hydrogen) atoms. The smallest absolute Gasteiger partial charge is 0.343 e. The van der Waals surface area contributed by atoms with Crippen LogP contribution >= 0.6 is 20.7 Å². The lowest BCUT2D eigenvalue weighted by Gasteiger charge is -2.16. The Kier molecular flexibility index (Phi) is 10.6. The first-order chi connectivity index (χ1) is 27.7. The van der Waals surface area contributed by atoms with Crippen molar-refractivity contribution in [2.24, 2.45) is 20.4 Å². The summed E-state index contributed by atoms with van der Waals surface area (Å²) in [5, 5.41) is 46.8. The molecule has 288 valence electrons. The molecule has 5 heterocycles. The fourth-order valence-corrected chi connectivity index (χ4v) is 6.41. The first-order valence-corrected chi connectivity index (χ1v) is 19.0. The number of aromatic nitrogens is 7. The van der Waals surface area contributed by atoms with Gasteiger partial charge in [-0.25, -0.2) is 19.0 Å². The summed E-state index contributed by atoms with van der Waals surface area (Å²) in [5.41, 5.74) is 7.72. The highest BCUT2D eigenvalue weighted by atomic mass is 127. The molecule has 3 aromatic heterocycles. The van der Waals surface area contributed by atoms with Crippen LogP contribution in [0.3, 0.4) is 0 Å². The van der Waals surface area contributed by atoms with Gasteiger partial charge in [-0.3, -0.25) is 21.7 Å². The molecule has 22 nitrogen and oxygen atoms in total. The van der Waals surface area contributed by atoms with Gasteiger partial charge in [-0.2, -0.15) is 55.6 Å². The number of esters is 2. The number of hydrogen-bond acceptors (Lipinski definition) is 18. The lowest BCUT2D eigenvalue weighted by molar-refractivity contribution is 0.0593. The zero-order valence-corrected chi connectivity index (χ0v) is 32.5. The minimum Gasteiger partial charge on any atom is -0.467 e. The second kappa shape index (κ2) is 16.0. The molecular formula is C34H30IN17O5. The van der Waals surface area contributed by atoms with Gasteiger partial charge in [0.2, 0.25) is 0 Å². The van der Waals surface area contributed by atoms with Crippen LogP contribution in [0.5, 0.6) is 6.01 Å². The maximum Gasteiger partial charge on any atom is 0.343 e. The lowest BCUT2D eigenvalue weighted by Crippen LogP contribution is -2.31. The molecule has 23 heteroatoms. The van der Waals surface area contributed by atoms with E-state index in [0.29, 0.717) is 20.8 Å². The highest BCUT2D eigenvalue weighted by molar-refractivity contribution is 14.2. The number of amidine groups is 2. The zero-order chi connectivity index (χ0) is 40.2. The van der Waals surface area contributed by atoms with Gasteiger partial charge in [-0.15, -0.1) is 0 Å². The number of halogens is 1. The van der Waals surface area contributed by atoms with Gasteiger partial charge in [0.1, 0.15) is 14.8 Å². The number of benzene rings is 2. The number of carbonyl (C=O) groups excluding carboxylic acids is 2. The van der Waals surface area contributed by atoms with Gasteiger partial charge in [0.25, 0.3) is 11.9 Å². The number of anilines is 4. The van der Waals surface area contributed by atoms with Crippen molar-refractivity contribution in [3.05, 3.63) is 84.2 Å². The van der Waals surface area contributed by atoms with Crippen molar-refractivity contribution in [1.82, 2.24) is 34.5 Å². The Labute approximate surface area is 332 Å². The third-order valence-electron chi connectivity index (χ3n) is 8.03. The number of para-hydroxylation sites is 2. The van der Waals surface area contributed by atoms with Crippen LogP contribution in [0.2, 0.25) is 0 Å². The number of ether oxygens (including phenoxy) is 3. The van der Waals surface area contributed by atoms with Gasteiger partial charge in [-0.05, 0) is 31.2 Å². The lowest BCUT2D eigenvalue weighted by atomic mass is 10.2. The Morgan fingerprint density at radius 2 is 1.19 bits per heavy atom. The van der Waals surface area contributed by atoms with Gasteiger partial charge in [0, 0.05) is 0 Å². The topological polar surface area (TPSA) is 264 Å². The molecular weight excluding hydrogens is 853 g/mol. The number of carbonyl (C=O) groups is 2. The standard InChI is InChI=1S/C34H30IN17O5/c1-18-23(43-45-28-21(30(53)55-3)16-38-49(28)19-12-8-6-9-13-19)26(36)51(47-18)32-40-33(42-34(41-32)57-5)52-27(37)24(25(35-2)48-52)44-46-29-22(31(54)56-4)17-39-50(29)20-14-10-7-11-15-20/h6-17,36-37,45-46H,2H2,1,3-5H3/b36-26?,37-27?,43-23+,44-24+. The zero-order valence-electron chi connectivity index (χ0n) is 30.4. The first kappa shape index (κ1) is 37.7. The van der Waals surface area contributed by atoms with Crippen LogP contribution in [0.4, 0.5) is 23.5 Å². The van der Waals surface area contributed by atoms with Crippen LogP contribution in [0.25, 0.3) is 11.4 Å². The summed E-state index contributed by atoms with van der Waals surface area (Å²) in [4.78, 5) is 38.3.